The lowest BCUT2D eigenvalue weighted by Crippen LogP contribution is -2.14. The fraction of sp³-hybridized carbons (Fsp3) is 0.222. The molecule has 0 aliphatic heterocycles. The molecule has 0 atom stereocenters. The average Bonchev–Trinajstić information content (AvgIpc) is 3.05. The Balaban J connectivity index is 1.82. The van der Waals surface area contributed by atoms with Gasteiger partial charge in [0.05, 0.1) is 4.90 Å². The van der Waals surface area contributed by atoms with Crippen LogP contribution in [-0.2, 0) is 10.0 Å². The first-order valence-electron chi connectivity index (χ1n) is 7.99. The minimum atomic E-state index is -3.71. The maximum absolute atomic E-state index is 12.6. The minimum absolute atomic E-state index is 0.168. The number of benzene rings is 2. The maximum atomic E-state index is 12.6. The van der Waals surface area contributed by atoms with E-state index in [4.69, 9.17) is 16.1 Å². The Morgan fingerprint density at radius 2 is 1.81 bits per heavy atom. The van der Waals surface area contributed by atoms with E-state index in [9.17, 15) is 8.42 Å². The van der Waals surface area contributed by atoms with E-state index in [0.717, 1.165) is 5.56 Å². The Morgan fingerprint density at radius 3 is 2.38 bits per heavy atom. The second-order valence-corrected chi connectivity index (χ2v) is 8.29. The number of aryl methyl sites for hydroxylation is 1. The molecule has 0 aliphatic carbocycles. The highest BCUT2D eigenvalue weighted by Gasteiger charge is 2.17. The standard InChI is InChI=1S/C18H18ClN3O3S/c1-11(2)17-20-18(25-21-17)13-4-7-15(8-5-13)22-26(23,24)16-9-6-14(19)10-12(16)3/h4-11,22H,1-3H3. The molecule has 0 unspecified atom stereocenters. The van der Waals surface area contributed by atoms with Gasteiger partial charge in [0.25, 0.3) is 15.9 Å². The van der Waals surface area contributed by atoms with Gasteiger partial charge >= 0.3 is 0 Å². The summed E-state index contributed by atoms with van der Waals surface area (Å²) in [5.74, 6) is 1.20. The molecule has 1 N–H and O–H groups in total. The average molecular weight is 392 g/mol. The quantitative estimate of drug-likeness (QED) is 0.685. The van der Waals surface area contributed by atoms with Gasteiger partial charge in [-0.25, -0.2) is 8.42 Å². The number of sulfonamides is 1. The van der Waals surface area contributed by atoms with Gasteiger partial charge in [0.15, 0.2) is 5.82 Å². The summed E-state index contributed by atoms with van der Waals surface area (Å²) >= 11 is 5.89. The number of nitrogens with one attached hydrogen (secondary N) is 1. The highest BCUT2D eigenvalue weighted by molar-refractivity contribution is 7.92. The molecule has 26 heavy (non-hydrogen) atoms. The number of anilines is 1. The summed E-state index contributed by atoms with van der Waals surface area (Å²) in [5.41, 5.74) is 1.73. The summed E-state index contributed by atoms with van der Waals surface area (Å²) in [6.07, 6.45) is 0. The fourth-order valence-electron chi connectivity index (χ4n) is 2.39. The molecule has 0 saturated carbocycles. The zero-order valence-corrected chi connectivity index (χ0v) is 16.1. The van der Waals surface area contributed by atoms with Crippen LogP contribution in [0.5, 0.6) is 0 Å². The first-order valence-corrected chi connectivity index (χ1v) is 9.85. The Kier molecular flexibility index (Phi) is 5.02. The molecule has 1 heterocycles. The van der Waals surface area contributed by atoms with Gasteiger partial charge < -0.3 is 4.52 Å². The summed E-state index contributed by atoms with van der Waals surface area (Å²) < 4.78 is 32.9. The molecule has 1 aromatic heterocycles. The highest BCUT2D eigenvalue weighted by Crippen LogP contribution is 2.25. The zero-order chi connectivity index (χ0) is 18.9. The predicted octanol–water partition coefficient (Wildman–Crippen LogP) is 4.62. The van der Waals surface area contributed by atoms with Crippen molar-refractivity contribution in [1.82, 2.24) is 10.1 Å². The molecule has 0 radical (unpaired) electrons. The summed E-state index contributed by atoms with van der Waals surface area (Å²) in [4.78, 5) is 4.51. The van der Waals surface area contributed by atoms with Crippen molar-refractivity contribution >= 4 is 27.3 Å². The number of nitrogens with zero attached hydrogens (tertiary/aromatic N) is 2. The summed E-state index contributed by atoms with van der Waals surface area (Å²) in [5, 5.41) is 4.41. The van der Waals surface area contributed by atoms with Crippen LogP contribution >= 0.6 is 11.6 Å². The summed E-state index contributed by atoms with van der Waals surface area (Å²) in [7, 11) is -3.71. The van der Waals surface area contributed by atoms with Crippen LogP contribution in [0.3, 0.4) is 0 Å². The maximum Gasteiger partial charge on any atom is 0.262 e. The molecule has 0 fully saturated rings. The molecule has 0 amide bonds. The SMILES string of the molecule is Cc1cc(Cl)ccc1S(=O)(=O)Nc1ccc(-c2nc(C(C)C)no2)cc1. The number of halogens is 1. The van der Waals surface area contributed by atoms with Gasteiger partial charge in [0.1, 0.15) is 0 Å². The van der Waals surface area contributed by atoms with Gasteiger partial charge in [0, 0.05) is 22.2 Å². The van der Waals surface area contributed by atoms with Gasteiger partial charge in [-0.1, -0.05) is 30.6 Å². The molecule has 0 bridgehead atoms. The lowest BCUT2D eigenvalue weighted by molar-refractivity contribution is 0.419. The van der Waals surface area contributed by atoms with Crippen molar-refractivity contribution in [2.75, 3.05) is 4.72 Å². The summed E-state index contributed by atoms with van der Waals surface area (Å²) in [6.45, 7) is 5.65. The number of rotatable bonds is 5. The molecular weight excluding hydrogens is 374 g/mol. The minimum Gasteiger partial charge on any atom is -0.334 e. The topological polar surface area (TPSA) is 85.1 Å². The van der Waals surface area contributed by atoms with Crippen LogP contribution in [0.2, 0.25) is 5.02 Å². The fourth-order valence-corrected chi connectivity index (χ4v) is 3.90. The smallest absolute Gasteiger partial charge is 0.262 e. The van der Waals surface area contributed by atoms with Crippen LogP contribution in [0.15, 0.2) is 51.9 Å². The van der Waals surface area contributed by atoms with Crippen LogP contribution < -0.4 is 4.72 Å². The molecule has 0 saturated heterocycles. The highest BCUT2D eigenvalue weighted by atomic mass is 35.5. The van der Waals surface area contributed by atoms with Crippen LogP contribution in [0.1, 0.15) is 31.2 Å². The number of aromatic nitrogens is 2. The molecule has 8 heteroatoms. The normalized spacial score (nSPS) is 11.7. The van der Waals surface area contributed by atoms with Crippen LogP contribution in [-0.4, -0.2) is 18.6 Å². The summed E-state index contributed by atoms with van der Waals surface area (Å²) in [6, 6.07) is 11.4. The van der Waals surface area contributed by atoms with E-state index in [1.807, 2.05) is 13.8 Å². The Bertz CT molecular complexity index is 1030. The van der Waals surface area contributed by atoms with Gasteiger partial charge in [-0.15, -0.1) is 0 Å². The first-order chi connectivity index (χ1) is 12.3. The van der Waals surface area contributed by atoms with Crippen LogP contribution in [0, 0.1) is 6.92 Å². The molecule has 6 nitrogen and oxygen atoms in total. The molecule has 136 valence electrons. The van der Waals surface area contributed by atoms with Crippen LogP contribution in [0.4, 0.5) is 5.69 Å². The Morgan fingerprint density at radius 1 is 1.12 bits per heavy atom. The van der Waals surface area contributed by atoms with Gasteiger partial charge in [0.2, 0.25) is 0 Å². The van der Waals surface area contributed by atoms with Crippen LogP contribution in [0.25, 0.3) is 11.5 Å². The van der Waals surface area contributed by atoms with Crippen molar-refractivity contribution in [3.8, 4) is 11.5 Å². The van der Waals surface area contributed by atoms with E-state index in [1.54, 1.807) is 43.3 Å². The van der Waals surface area contributed by atoms with E-state index >= 15 is 0 Å². The zero-order valence-electron chi connectivity index (χ0n) is 14.5. The Hall–Kier alpha value is -2.38. The first kappa shape index (κ1) is 18.4. The lowest BCUT2D eigenvalue weighted by atomic mass is 10.2. The second kappa shape index (κ2) is 7.09. The molecule has 3 aromatic rings. The number of hydrogen-bond acceptors (Lipinski definition) is 5. The third kappa shape index (κ3) is 3.89. The van der Waals surface area contributed by atoms with Gasteiger partial charge in [-0.2, -0.15) is 4.98 Å². The number of hydrogen-bond donors (Lipinski definition) is 1. The van der Waals surface area contributed by atoms with E-state index in [-0.39, 0.29) is 10.8 Å². The van der Waals surface area contributed by atoms with Crippen molar-refractivity contribution in [3.63, 3.8) is 0 Å². The van der Waals surface area contributed by atoms with E-state index in [1.165, 1.54) is 6.07 Å². The largest absolute Gasteiger partial charge is 0.334 e. The van der Waals surface area contributed by atoms with Gasteiger partial charge in [-0.05, 0) is 55.0 Å². The molecule has 3 rings (SSSR count). The molecular formula is C18H18ClN3O3S. The molecule has 0 spiro atoms. The van der Waals surface area contributed by atoms with Gasteiger partial charge in [-0.3, -0.25) is 4.72 Å². The Labute approximate surface area is 157 Å². The molecule has 0 aliphatic rings. The van der Waals surface area contributed by atoms with Crippen molar-refractivity contribution in [1.29, 1.82) is 0 Å². The monoisotopic (exact) mass is 391 g/mol. The van der Waals surface area contributed by atoms with Crippen molar-refractivity contribution in [2.24, 2.45) is 0 Å². The third-order valence-corrected chi connectivity index (χ3v) is 5.55. The van der Waals surface area contributed by atoms with Crippen molar-refractivity contribution in [3.05, 3.63) is 58.9 Å². The van der Waals surface area contributed by atoms with E-state index < -0.39 is 10.0 Å². The van der Waals surface area contributed by atoms with Crippen molar-refractivity contribution < 1.29 is 12.9 Å². The molecule has 2 aromatic carbocycles. The lowest BCUT2D eigenvalue weighted by Gasteiger charge is -2.10. The predicted molar refractivity (Wildman–Crippen MR) is 101 cm³/mol. The second-order valence-electron chi connectivity index (χ2n) is 6.21. The van der Waals surface area contributed by atoms with E-state index in [0.29, 0.717) is 28.0 Å². The third-order valence-electron chi connectivity index (χ3n) is 3.77. The van der Waals surface area contributed by atoms with E-state index in [2.05, 4.69) is 14.9 Å². The van der Waals surface area contributed by atoms with Crippen molar-refractivity contribution in [2.45, 2.75) is 31.6 Å².